The van der Waals surface area contributed by atoms with Crippen molar-refractivity contribution in [2.45, 2.75) is 4.90 Å². The number of carbonyl (C=O) groups is 1. The number of carbonyl (C=O) groups excluding carboxylic acids is 1. The van der Waals surface area contributed by atoms with Gasteiger partial charge in [0.2, 0.25) is 15.9 Å². The highest BCUT2D eigenvalue weighted by molar-refractivity contribution is 7.89. The van der Waals surface area contributed by atoms with Crippen molar-refractivity contribution in [3.63, 3.8) is 0 Å². The lowest BCUT2D eigenvalue weighted by Gasteiger charge is -2.34. The van der Waals surface area contributed by atoms with Gasteiger partial charge in [-0.3, -0.25) is 9.69 Å². The molecule has 2 aromatic carbocycles. The number of halogens is 1. The van der Waals surface area contributed by atoms with Gasteiger partial charge in [-0.2, -0.15) is 4.31 Å². The molecule has 1 fully saturated rings. The maximum Gasteiger partial charge on any atom is 0.243 e. The number of amides is 1. The quantitative estimate of drug-likeness (QED) is 0.649. The third-order valence-corrected chi connectivity index (χ3v) is 6.74. The molecule has 0 radical (unpaired) electrons. The van der Waals surface area contributed by atoms with E-state index in [0.29, 0.717) is 19.6 Å². The minimum atomic E-state index is -3.67. The Balaban J connectivity index is 1.61. The first-order chi connectivity index (χ1) is 13.9. The van der Waals surface area contributed by atoms with E-state index in [9.17, 15) is 17.6 Å². The van der Waals surface area contributed by atoms with Crippen molar-refractivity contribution in [2.75, 3.05) is 44.2 Å². The zero-order valence-corrected chi connectivity index (χ0v) is 16.9. The Morgan fingerprint density at radius 2 is 1.66 bits per heavy atom. The second-order valence-corrected chi connectivity index (χ2v) is 8.70. The van der Waals surface area contributed by atoms with Crippen LogP contribution >= 0.6 is 0 Å². The molecule has 1 amide bonds. The molecule has 1 heterocycles. The molecule has 0 bridgehead atoms. The molecule has 1 saturated heterocycles. The van der Waals surface area contributed by atoms with Gasteiger partial charge in [0, 0.05) is 38.4 Å². The smallest absolute Gasteiger partial charge is 0.243 e. The molecule has 0 N–H and O–H groups in total. The van der Waals surface area contributed by atoms with Gasteiger partial charge in [-0.1, -0.05) is 24.3 Å². The van der Waals surface area contributed by atoms with Crippen molar-refractivity contribution in [3.8, 4) is 0 Å². The molecule has 0 saturated carbocycles. The summed E-state index contributed by atoms with van der Waals surface area (Å²) in [6, 6.07) is 14.2. The zero-order chi connectivity index (χ0) is 20.9. The van der Waals surface area contributed by atoms with E-state index in [2.05, 4.69) is 6.58 Å². The molecule has 0 spiro atoms. The number of rotatable bonds is 7. The monoisotopic (exact) mass is 417 g/mol. The number of para-hydroxylation sites is 1. The van der Waals surface area contributed by atoms with Crippen molar-refractivity contribution < 1.29 is 17.6 Å². The highest BCUT2D eigenvalue weighted by atomic mass is 32.2. The molecule has 6 nitrogen and oxygen atoms in total. The fourth-order valence-electron chi connectivity index (χ4n) is 3.25. The highest BCUT2D eigenvalue weighted by Gasteiger charge is 2.29. The van der Waals surface area contributed by atoms with Crippen LogP contribution in [0.25, 0.3) is 0 Å². The van der Waals surface area contributed by atoms with Crippen molar-refractivity contribution in [1.29, 1.82) is 0 Å². The number of anilines is 1. The van der Waals surface area contributed by atoms with Gasteiger partial charge in [0.15, 0.2) is 0 Å². The first-order valence-electron chi connectivity index (χ1n) is 9.36. The molecule has 154 valence electrons. The summed E-state index contributed by atoms with van der Waals surface area (Å²) in [5.74, 6) is -0.541. The molecule has 2 aromatic rings. The predicted octanol–water partition coefficient (Wildman–Crippen LogP) is 2.35. The number of piperazine rings is 1. The number of sulfonamides is 1. The topological polar surface area (TPSA) is 60.9 Å². The molecule has 8 heteroatoms. The van der Waals surface area contributed by atoms with Gasteiger partial charge < -0.3 is 4.90 Å². The van der Waals surface area contributed by atoms with E-state index in [0.717, 1.165) is 17.8 Å². The number of hydrogen-bond donors (Lipinski definition) is 0. The van der Waals surface area contributed by atoms with Crippen molar-refractivity contribution in [2.24, 2.45) is 0 Å². The first kappa shape index (κ1) is 21.2. The van der Waals surface area contributed by atoms with E-state index < -0.39 is 15.8 Å². The largest absolute Gasteiger partial charge is 0.308 e. The van der Waals surface area contributed by atoms with Crippen LogP contribution in [-0.2, 0) is 14.8 Å². The Hall–Kier alpha value is -2.55. The Bertz CT molecular complexity index is 941. The summed E-state index contributed by atoms with van der Waals surface area (Å²) in [6.45, 7) is 5.78. The Morgan fingerprint density at radius 1 is 1.03 bits per heavy atom. The van der Waals surface area contributed by atoms with Crippen LogP contribution in [-0.4, -0.2) is 62.8 Å². The highest BCUT2D eigenvalue weighted by Crippen LogP contribution is 2.19. The molecule has 0 unspecified atom stereocenters. The van der Waals surface area contributed by atoms with Gasteiger partial charge in [-0.15, -0.1) is 6.58 Å². The molecule has 0 aliphatic carbocycles. The van der Waals surface area contributed by atoms with Crippen LogP contribution in [0.1, 0.15) is 0 Å². The average Bonchev–Trinajstić information content (AvgIpc) is 2.73. The molecule has 1 aliphatic rings. The lowest BCUT2D eigenvalue weighted by atomic mass is 10.2. The maximum absolute atomic E-state index is 13.1. The van der Waals surface area contributed by atoms with E-state index in [-0.39, 0.29) is 30.4 Å². The SMILES string of the molecule is C=CCN(C(=O)CN1CCN(S(=O)(=O)c2ccc(F)cc2)CC1)c1ccccc1. The standard InChI is InChI=1S/C21H24FN3O3S/c1-2-12-25(19-6-4-3-5-7-19)21(26)17-23-13-15-24(16-14-23)29(27,28)20-10-8-18(22)9-11-20/h2-11H,1,12-17H2. The fraction of sp³-hybridized carbons (Fsp3) is 0.286. The number of hydrogen-bond acceptors (Lipinski definition) is 4. The van der Waals surface area contributed by atoms with Gasteiger partial charge in [-0.25, -0.2) is 12.8 Å². The maximum atomic E-state index is 13.1. The van der Waals surface area contributed by atoms with Crippen molar-refractivity contribution >= 4 is 21.6 Å². The fourth-order valence-corrected chi connectivity index (χ4v) is 4.67. The lowest BCUT2D eigenvalue weighted by molar-refractivity contribution is -0.119. The molecular weight excluding hydrogens is 393 g/mol. The molecule has 3 rings (SSSR count). The van der Waals surface area contributed by atoms with E-state index in [1.165, 1.54) is 16.4 Å². The number of nitrogens with zero attached hydrogens (tertiary/aromatic N) is 3. The van der Waals surface area contributed by atoms with Crippen LogP contribution < -0.4 is 4.90 Å². The van der Waals surface area contributed by atoms with Crippen molar-refractivity contribution in [3.05, 3.63) is 73.1 Å². The van der Waals surface area contributed by atoms with Crippen LogP contribution in [0.15, 0.2) is 72.1 Å². The zero-order valence-electron chi connectivity index (χ0n) is 16.1. The van der Waals surface area contributed by atoms with E-state index >= 15 is 0 Å². The molecule has 1 aliphatic heterocycles. The Morgan fingerprint density at radius 3 is 2.24 bits per heavy atom. The van der Waals surface area contributed by atoms with Gasteiger partial charge in [0.05, 0.1) is 11.4 Å². The van der Waals surface area contributed by atoms with E-state index in [1.54, 1.807) is 11.0 Å². The number of benzene rings is 2. The van der Waals surface area contributed by atoms with E-state index in [4.69, 9.17) is 0 Å². The van der Waals surface area contributed by atoms with Crippen molar-refractivity contribution in [1.82, 2.24) is 9.21 Å². The summed E-state index contributed by atoms with van der Waals surface area (Å²) in [5, 5.41) is 0. The van der Waals surface area contributed by atoms with Gasteiger partial charge in [0.25, 0.3) is 0 Å². The summed E-state index contributed by atoms with van der Waals surface area (Å²) < 4.78 is 39.9. The summed E-state index contributed by atoms with van der Waals surface area (Å²) >= 11 is 0. The normalized spacial score (nSPS) is 15.8. The molecule has 0 aromatic heterocycles. The molecule has 29 heavy (non-hydrogen) atoms. The summed E-state index contributed by atoms with van der Waals surface area (Å²) in [4.78, 5) is 16.5. The Kier molecular flexibility index (Phi) is 6.79. The predicted molar refractivity (Wildman–Crippen MR) is 111 cm³/mol. The summed E-state index contributed by atoms with van der Waals surface area (Å²) in [7, 11) is -3.67. The van der Waals surface area contributed by atoms with Gasteiger partial charge >= 0.3 is 0 Å². The summed E-state index contributed by atoms with van der Waals surface area (Å²) in [6.07, 6.45) is 1.68. The van der Waals surface area contributed by atoms with Crippen LogP contribution in [0.2, 0.25) is 0 Å². The van der Waals surface area contributed by atoms with Crippen LogP contribution in [0, 0.1) is 5.82 Å². The second-order valence-electron chi connectivity index (χ2n) is 6.76. The average molecular weight is 418 g/mol. The first-order valence-corrected chi connectivity index (χ1v) is 10.8. The second kappa shape index (κ2) is 9.30. The van der Waals surface area contributed by atoms with Crippen LogP contribution in [0.4, 0.5) is 10.1 Å². The lowest BCUT2D eigenvalue weighted by Crippen LogP contribution is -2.51. The minimum Gasteiger partial charge on any atom is -0.308 e. The summed E-state index contributed by atoms with van der Waals surface area (Å²) in [5.41, 5.74) is 0.801. The third kappa shape index (κ3) is 5.09. The van der Waals surface area contributed by atoms with Crippen LogP contribution in [0.5, 0.6) is 0 Å². The van der Waals surface area contributed by atoms with Gasteiger partial charge in [0.1, 0.15) is 5.82 Å². The Labute approximate surface area is 170 Å². The molecule has 0 atom stereocenters. The van der Waals surface area contributed by atoms with E-state index in [1.807, 2.05) is 35.2 Å². The third-order valence-electron chi connectivity index (χ3n) is 4.82. The molecular formula is C21H24FN3O3S. The van der Waals surface area contributed by atoms with Gasteiger partial charge in [-0.05, 0) is 36.4 Å². The minimum absolute atomic E-state index is 0.0639. The van der Waals surface area contributed by atoms with Crippen LogP contribution in [0.3, 0.4) is 0 Å².